The van der Waals surface area contributed by atoms with Crippen LogP contribution in [0.2, 0.25) is 0 Å². The molecule has 0 radical (unpaired) electrons. The van der Waals surface area contributed by atoms with Crippen LogP contribution in [-0.2, 0) is 0 Å². The molecule has 0 N–H and O–H groups in total. The molecule has 0 fully saturated rings. The average Bonchev–Trinajstić information content (AvgIpc) is 0. The molecule has 0 unspecified atom stereocenters. The van der Waals surface area contributed by atoms with Crippen molar-refractivity contribution in [3.8, 4) is 0 Å². The Labute approximate surface area is 108 Å². The molecule has 0 nitrogen and oxygen atoms in total. The van der Waals surface area contributed by atoms with E-state index in [1.807, 2.05) is 0 Å². The third kappa shape index (κ3) is 9.01. The Morgan fingerprint density at radius 2 is 1.00 bits per heavy atom. The Hall–Kier alpha value is 3.32. The Morgan fingerprint density at radius 3 is 1.00 bits per heavy atom. The molecular formula is H2CaCl2Sr. The van der Waals surface area contributed by atoms with E-state index < -0.39 is 0 Å². The SMILES string of the molecule is [Ca+2].[Cl-].[Cl-].[H-].[H-].[Sr+2]. The summed E-state index contributed by atoms with van der Waals surface area (Å²) in [7, 11) is 0. The predicted molar refractivity (Wildman–Crippen MR) is 13.7 cm³/mol. The second-order valence-electron chi connectivity index (χ2n) is 0. The molecule has 0 aromatic heterocycles. The molecule has 20 valence electrons. The van der Waals surface area contributed by atoms with Gasteiger partial charge in [-0.05, 0) is 0 Å². The van der Waals surface area contributed by atoms with Crippen LogP contribution in [0.15, 0.2) is 0 Å². The molecule has 0 aromatic carbocycles. The molecule has 0 aliphatic rings. The largest absolute Gasteiger partial charge is 2.00 e. The summed E-state index contributed by atoms with van der Waals surface area (Å²) in [6.07, 6.45) is 0. The normalized spacial score (nSPS) is 0. The Bertz CT molecular complexity index is 11.5. The van der Waals surface area contributed by atoms with Gasteiger partial charge in [0.1, 0.15) is 0 Å². The minimum Gasteiger partial charge on any atom is -1.00 e. The molecule has 4 heteroatoms. The first-order valence-electron chi connectivity index (χ1n) is 0. The van der Waals surface area contributed by atoms with Gasteiger partial charge in [-0.3, -0.25) is 0 Å². The molecule has 0 heterocycles. The maximum atomic E-state index is 0. The van der Waals surface area contributed by atoms with Gasteiger partial charge >= 0.3 is 83.2 Å². The molecule has 0 atom stereocenters. The minimum atomic E-state index is 0. The average molecular weight is 201 g/mol. The number of hydrogen-bond acceptors (Lipinski definition) is 0. The summed E-state index contributed by atoms with van der Waals surface area (Å²) in [5, 5.41) is 0. The van der Waals surface area contributed by atoms with E-state index in [-0.39, 0.29) is 111 Å². The monoisotopic (exact) mass is 200 g/mol. The van der Waals surface area contributed by atoms with Crippen molar-refractivity contribution in [2.45, 2.75) is 0 Å². The van der Waals surface area contributed by atoms with E-state index in [1.165, 1.54) is 0 Å². The molecular weight excluding hydrogens is 199 g/mol. The van der Waals surface area contributed by atoms with Gasteiger partial charge in [0, 0.05) is 0 Å². The third-order valence-corrected chi connectivity index (χ3v) is 0. The van der Waals surface area contributed by atoms with Gasteiger partial charge in [0.05, 0.1) is 0 Å². The van der Waals surface area contributed by atoms with Crippen LogP contribution in [0.3, 0.4) is 0 Å². The second kappa shape index (κ2) is 16.2. The van der Waals surface area contributed by atoms with Crippen LogP contribution in [0.5, 0.6) is 0 Å². The van der Waals surface area contributed by atoms with Crippen molar-refractivity contribution in [2.75, 3.05) is 0 Å². The van der Waals surface area contributed by atoms with E-state index in [9.17, 15) is 0 Å². The molecule has 0 bridgehead atoms. The van der Waals surface area contributed by atoms with Gasteiger partial charge < -0.3 is 27.7 Å². The van der Waals surface area contributed by atoms with Crippen LogP contribution in [0.1, 0.15) is 2.85 Å². The molecule has 0 aliphatic carbocycles. The summed E-state index contributed by atoms with van der Waals surface area (Å²) in [5.41, 5.74) is 0. The predicted octanol–water partition coefficient (Wildman–Crippen LogP) is -6.53. The van der Waals surface area contributed by atoms with Crippen LogP contribution in [0.4, 0.5) is 0 Å². The zero-order valence-electron chi connectivity index (χ0n) is 4.17. The Kier molecular flexibility index (Phi) is 108. The summed E-state index contributed by atoms with van der Waals surface area (Å²) in [5.74, 6) is 0. The topological polar surface area (TPSA) is 0 Å². The maximum Gasteiger partial charge on any atom is 2.00 e. The minimum absolute atomic E-state index is 0. The standard InChI is InChI=1S/Ca.2ClH.Sr.2H/h;2*1H;;;/q+2;;;+2;2*-1/p-2. The van der Waals surface area contributed by atoms with Crippen LogP contribution in [0.25, 0.3) is 0 Å². The third-order valence-electron chi connectivity index (χ3n) is 0. The van der Waals surface area contributed by atoms with E-state index in [0.717, 1.165) is 0 Å². The molecule has 4 heavy (non-hydrogen) atoms. The van der Waals surface area contributed by atoms with Gasteiger partial charge in [0.25, 0.3) is 0 Å². The van der Waals surface area contributed by atoms with Crippen molar-refractivity contribution in [1.29, 1.82) is 0 Å². The van der Waals surface area contributed by atoms with Crippen molar-refractivity contribution in [1.82, 2.24) is 0 Å². The van der Waals surface area contributed by atoms with Crippen LogP contribution >= 0.6 is 0 Å². The van der Waals surface area contributed by atoms with Crippen molar-refractivity contribution in [2.24, 2.45) is 0 Å². The summed E-state index contributed by atoms with van der Waals surface area (Å²) < 4.78 is 0. The number of rotatable bonds is 0. The quantitative estimate of drug-likeness (QED) is 0.341. The van der Waals surface area contributed by atoms with Crippen molar-refractivity contribution in [3.05, 3.63) is 0 Å². The Balaban J connectivity index is 0. The number of hydrogen-bond donors (Lipinski definition) is 0. The van der Waals surface area contributed by atoms with Crippen molar-refractivity contribution >= 4 is 83.2 Å². The number of halogens is 2. The van der Waals surface area contributed by atoms with Crippen molar-refractivity contribution < 1.29 is 27.7 Å². The molecule has 0 rings (SSSR count). The van der Waals surface area contributed by atoms with E-state index in [4.69, 9.17) is 0 Å². The fourth-order valence-corrected chi connectivity index (χ4v) is 0. The van der Waals surface area contributed by atoms with E-state index in [2.05, 4.69) is 0 Å². The second-order valence-corrected chi connectivity index (χ2v) is 0. The fourth-order valence-electron chi connectivity index (χ4n) is 0. The zero-order valence-corrected chi connectivity index (χ0v) is 9.37. The van der Waals surface area contributed by atoms with Crippen LogP contribution in [0, 0.1) is 0 Å². The summed E-state index contributed by atoms with van der Waals surface area (Å²) >= 11 is 0. The molecule has 0 aromatic rings. The fraction of sp³-hybridized carbons (Fsp3) is 0. The Morgan fingerprint density at radius 1 is 1.00 bits per heavy atom. The maximum absolute atomic E-state index is 0. The molecule has 0 saturated carbocycles. The van der Waals surface area contributed by atoms with Gasteiger partial charge in [0.2, 0.25) is 0 Å². The van der Waals surface area contributed by atoms with Crippen molar-refractivity contribution in [3.63, 3.8) is 0 Å². The first kappa shape index (κ1) is 26.5. The van der Waals surface area contributed by atoms with Gasteiger partial charge in [0.15, 0.2) is 0 Å². The van der Waals surface area contributed by atoms with E-state index in [0.29, 0.717) is 0 Å². The van der Waals surface area contributed by atoms with E-state index >= 15 is 0 Å². The van der Waals surface area contributed by atoms with E-state index in [1.54, 1.807) is 0 Å². The van der Waals surface area contributed by atoms with Gasteiger partial charge in [-0.15, -0.1) is 0 Å². The smallest absolute Gasteiger partial charge is 1.00 e. The zero-order chi connectivity index (χ0) is 0. The summed E-state index contributed by atoms with van der Waals surface area (Å²) in [4.78, 5) is 0. The van der Waals surface area contributed by atoms with Crippen LogP contribution < -0.4 is 24.8 Å². The molecule has 0 amide bonds. The van der Waals surface area contributed by atoms with Gasteiger partial charge in [-0.1, -0.05) is 0 Å². The first-order chi connectivity index (χ1) is 0. The molecule has 0 aliphatic heterocycles. The van der Waals surface area contributed by atoms with Gasteiger partial charge in [-0.2, -0.15) is 0 Å². The first-order valence-corrected chi connectivity index (χ1v) is 0. The summed E-state index contributed by atoms with van der Waals surface area (Å²) in [6.45, 7) is 0. The molecule has 0 saturated heterocycles. The van der Waals surface area contributed by atoms with Crippen LogP contribution in [-0.4, -0.2) is 83.2 Å². The molecule has 0 spiro atoms. The summed E-state index contributed by atoms with van der Waals surface area (Å²) in [6, 6.07) is 0. The van der Waals surface area contributed by atoms with Gasteiger partial charge in [-0.25, -0.2) is 0 Å².